The zero-order valence-corrected chi connectivity index (χ0v) is 33.9. The molecule has 9 rings (SSSR count). The summed E-state index contributed by atoms with van der Waals surface area (Å²) in [6, 6.07) is 0. The fourth-order valence-electron chi connectivity index (χ4n) is 15.5. The van der Waals surface area contributed by atoms with Crippen molar-refractivity contribution in [3.8, 4) is 0 Å². The second kappa shape index (κ2) is 14.0. The van der Waals surface area contributed by atoms with E-state index in [0.717, 1.165) is 35.5 Å². The summed E-state index contributed by atoms with van der Waals surface area (Å²) in [6.45, 7) is 13.5. The first-order valence-corrected chi connectivity index (χ1v) is 21.6. The van der Waals surface area contributed by atoms with Crippen LogP contribution in [0, 0.1) is 87.3 Å². The van der Waals surface area contributed by atoms with Crippen LogP contribution in [0.2, 0.25) is 0 Å². The van der Waals surface area contributed by atoms with Gasteiger partial charge in [0.25, 0.3) is 0 Å². The van der Waals surface area contributed by atoms with E-state index in [9.17, 15) is 14.4 Å². The lowest BCUT2D eigenvalue weighted by atomic mass is 9.45. The minimum Gasteiger partial charge on any atom is -0.481 e. The Bertz CT molecular complexity index is 1310. The summed E-state index contributed by atoms with van der Waals surface area (Å²) in [5.41, 5.74) is 17.5. The molecule has 0 saturated heterocycles. The van der Waals surface area contributed by atoms with Gasteiger partial charge in [0.2, 0.25) is 0 Å². The predicted octanol–water partition coefficient (Wildman–Crippen LogP) is 6.93. The lowest BCUT2D eigenvalue weighted by molar-refractivity contribution is -0.173. The molecule has 9 heteroatoms. The van der Waals surface area contributed by atoms with Crippen molar-refractivity contribution in [2.45, 2.75) is 149 Å². The van der Waals surface area contributed by atoms with Crippen molar-refractivity contribution >= 4 is 17.9 Å². The van der Waals surface area contributed by atoms with Crippen molar-refractivity contribution < 1.29 is 29.0 Å². The van der Waals surface area contributed by atoms with Crippen LogP contribution in [-0.2, 0) is 23.9 Å². The van der Waals surface area contributed by atoms with Crippen molar-refractivity contribution in [3.63, 3.8) is 0 Å². The number of carboxylic acids is 1. The Kier molecular flexibility index (Phi) is 10.5. The zero-order valence-electron chi connectivity index (χ0n) is 33.9. The molecular weight excluding hydrogens is 666 g/mol. The number of hydrogen-bond donors (Lipinski definition) is 4. The number of aliphatic carboxylic acids is 1. The SMILES string of the molecule is CC(C)(C)OC(=O)C[C@]1(CN)[C@@H]2C[C@@H]3CC[C@H]1[C@H]2C3.CC(C)(C)OC(=O)C[C@]1(CN)[C@@H]2C[C@@H]3CC[C@H]1[C@H]2C3.NC[C@@]1(CC(=O)O)[C@@H]2C[C@@H]3CC[C@H]1[C@H]2C3. The van der Waals surface area contributed by atoms with Crippen molar-refractivity contribution in [1.29, 1.82) is 0 Å². The monoisotopic (exact) mass is 740 g/mol. The van der Waals surface area contributed by atoms with Crippen molar-refractivity contribution in [1.82, 2.24) is 0 Å². The van der Waals surface area contributed by atoms with Gasteiger partial charge in [-0.1, -0.05) is 19.3 Å². The molecule has 9 aliphatic rings. The van der Waals surface area contributed by atoms with Gasteiger partial charge in [-0.05, 0) is 206 Å². The highest BCUT2D eigenvalue weighted by Gasteiger charge is 2.68. The number of hydrogen-bond acceptors (Lipinski definition) is 8. The Labute approximate surface area is 319 Å². The van der Waals surface area contributed by atoms with E-state index in [-0.39, 0.29) is 39.4 Å². The molecule has 0 aromatic carbocycles. The summed E-state index contributed by atoms with van der Waals surface area (Å²) in [5.74, 6) is 8.55. The van der Waals surface area contributed by atoms with Gasteiger partial charge in [-0.25, -0.2) is 0 Å². The number of nitrogens with two attached hydrogens (primary N) is 3. The average molecular weight is 740 g/mol. The molecule has 0 unspecified atom stereocenters. The van der Waals surface area contributed by atoms with Crippen LogP contribution in [0.3, 0.4) is 0 Å². The van der Waals surface area contributed by atoms with Crippen LogP contribution in [0.15, 0.2) is 0 Å². The van der Waals surface area contributed by atoms with Gasteiger partial charge in [-0.15, -0.1) is 0 Å². The molecule has 6 bridgehead atoms. The number of carbonyl (C=O) groups excluding carboxylic acids is 2. The van der Waals surface area contributed by atoms with Crippen molar-refractivity contribution in [2.24, 2.45) is 104 Å². The summed E-state index contributed by atoms with van der Waals surface area (Å²) < 4.78 is 11.1. The highest BCUT2D eigenvalue weighted by Crippen LogP contribution is 2.72. The molecule has 53 heavy (non-hydrogen) atoms. The van der Waals surface area contributed by atoms with E-state index in [1.807, 2.05) is 41.5 Å². The van der Waals surface area contributed by atoms with Crippen LogP contribution in [0.5, 0.6) is 0 Å². The average Bonchev–Trinajstić information content (AvgIpc) is 3.45. The summed E-state index contributed by atoms with van der Waals surface area (Å²) in [5, 5.41) is 9.04. The van der Waals surface area contributed by atoms with E-state index in [2.05, 4.69) is 0 Å². The molecule has 0 aliphatic heterocycles. The fourth-order valence-corrected chi connectivity index (χ4v) is 15.5. The van der Waals surface area contributed by atoms with Crippen LogP contribution in [0.4, 0.5) is 0 Å². The summed E-state index contributed by atoms with van der Waals surface area (Å²) in [7, 11) is 0. The number of esters is 2. The number of carbonyl (C=O) groups is 3. The molecule has 0 aromatic rings. The number of rotatable bonds is 9. The fraction of sp³-hybridized carbons (Fsp3) is 0.932. The Morgan fingerprint density at radius 1 is 0.509 bits per heavy atom. The van der Waals surface area contributed by atoms with E-state index >= 15 is 0 Å². The van der Waals surface area contributed by atoms with Crippen molar-refractivity contribution in [2.75, 3.05) is 19.6 Å². The lowest BCUT2D eigenvalue weighted by Gasteiger charge is -2.59. The minimum absolute atomic E-state index is 0.0260. The van der Waals surface area contributed by atoms with Gasteiger partial charge in [0.1, 0.15) is 11.2 Å². The van der Waals surface area contributed by atoms with Crippen LogP contribution >= 0.6 is 0 Å². The van der Waals surface area contributed by atoms with Gasteiger partial charge < -0.3 is 31.8 Å². The van der Waals surface area contributed by atoms with E-state index < -0.39 is 5.97 Å². The molecule has 0 amide bonds. The maximum atomic E-state index is 12.2. The highest BCUT2D eigenvalue weighted by molar-refractivity contribution is 5.72. The molecule has 9 nitrogen and oxygen atoms in total. The Morgan fingerprint density at radius 2 is 0.811 bits per heavy atom. The van der Waals surface area contributed by atoms with Crippen LogP contribution in [-0.4, -0.2) is 53.9 Å². The number of fused-ring (bicyclic) bond motifs is 3. The van der Waals surface area contributed by atoms with E-state index in [1.54, 1.807) is 0 Å². The first-order valence-electron chi connectivity index (χ1n) is 21.6. The predicted molar refractivity (Wildman–Crippen MR) is 205 cm³/mol. The largest absolute Gasteiger partial charge is 0.481 e. The summed E-state index contributed by atoms with van der Waals surface area (Å²) in [4.78, 5) is 35.4. The smallest absolute Gasteiger partial charge is 0.306 e. The van der Waals surface area contributed by atoms with Gasteiger partial charge >= 0.3 is 17.9 Å². The van der Waals surface area contributed by atoms with Gasteiger partial charge in [-0.2, -0.15) is 0 Å². The first kappa shape index (κ1) is 39.5. The Hall–Kier alpha value is -1.71. The van der Waals surface area contributed by atoms with E-state index in [0.29, 0.717) is 74.4 Å². The van der Waals surface area contributed by atoms with Crippen molar-refractivity contribution in [3.05, 3.63) is 0 Å². The standard InChI is InChI=1S/2C16H27NO2.C12H19NO2/c2*1-15(2,3)19-14(18)8-16(9-17)12-5-4-10-6-11(12)13(16)7-10;13-6-12(5-11(14)15)9-2-1-7-3-8(9)10(12)4-7/h2*10-13H,4-9,17H2,1-3H3;7-10H,1-6,13H2,(H,14,15)/t2*10-,11-,12+,13-,16-;7-,8-,9+,10-,12-/m111/s1. The Balaban J connectivity index is 0.000000124. The second-order valence-electron chi connectivity index (χ2n) is 21.8. The molecule has 300 valence electrons. The number of ether oxygens (including phenoxy) is 2. The third-order valence-electron chi connectivity index (χ3n) is 17.2. The zero-order chi connectivity index (χ0) is 38.3. The molecule has 15 atom stereocenters. The summed E-state index contributed by atoms with van der Waals surface area (Å²) in [6.07, 6.45) is 17.2. The molecule has 0 spiro atoms. The maximum absolute atomic E-state index is 12.2. The Morgan fingerprint density at radius 3 is 1.08 bits per heavy atom. The topological polar surface area (TPSA) is 168 Å². The quantitative estimate of drug-likeness (QED) is 0.183. The molecule has 0 radical (unpaired) electrons. The lowest BCUT2D eigenvalue weighted by Crippen LogP contribution is -2.59. The molecule has 7 N–H and O–H groups in total. The third kappa shape index (κ3) is 6.80. The molecule has 0 aromatic heterocycles. The minimum atomic E-state index is -0.658. The highest BCUT2D eigenvalue weighted by atomic mass is 16.6. The van der Waals surface area contributed by atoms with Crippen LogP contribution in [0.1, 0.15) is 138 Å². The van der Waals surface area contributed by atoms with Gasteiger partial charge in [0.15, 0.2) is 0 Å². The van der Waals surface area contributed by atoms with Crippen LogP contribution in [0.25, 0.3) is 0 Å². The molecule has 0 heterocycles. The molecule has 9 saturated carbocycles. The van der Waals surface area contributed by atoms with E-state index in [4.69, 9.17) is 31.8 Å². The maximum Gasteiger partial charge on any atom is 0.306 e. The van der Waals surface area contributed by atoms with Gasteiger partial charge in [0, 0.05) is 0 Å². The third-order valence-corrected chi connectivity index (χ3v) is 17.2. The molecule has 9 aliphatic carbocycles. The van der Waals surface area contributed by atoms with Gasteiger partial charge in [-0.3, -0.25) is 14.4 Å². The summed E-state index contributed by atoms with van der Waals surface area (Å²) >= 11 is 0. The molecule has 9 fully saturated rings. The second-order valence-corrected chi connectivity index (χ2v) is 21.8. The number of carboxylic acid groups (broad SMARTS) is 1. The first-order chi connectivity index (χ1) is 24.9. The van der Waals surface area contributed by atoms with Crippen LogP contribution < -0.4 is 17.2 Å². The normalized spacial score (nSPS) is 45.9. The van der Waals surface area contributed by atoms with E-state index in [1.165, 1.54) is 77.0 Å². The molecular formula is C44H73N3O6. The van der Waals surface area contributed by atoms with Gasteiger partial charge in [0.05, 0.1) is 19.3 Å².